The van der Waals surface area contributed by atoms with Gasteiger partial charge in [0.15, 0.2) is 11.6 Å². The Morgan fingerprint density at radius 3 is 2.58 bits per heavy atom. The summed E-state index contributed by atoms with van der Waals surface area (Å²) in [6.45, 7) is 0. The minimum atomic E-state index is -0.336. The van der Waals surface area contributed by atoms with Gasteiger partial charge in [-0.2, -0.15) is 0 Å². The molecule has 2 aromatic heterocycles. The van der Waals surface area contributed by atoms with Gasteiger partial charge >= 0.3 is 0 Å². The van der Waals surface area contributed by atoms with E-state index in [0.717, 1.165) is 0 Å². The minimum Gasteiger partial charge on any atom is -0.461 e. The molecule has 0 saturated heterocycles. The van der Waals surface area contributed by atoms with Crippen LogP contribution in [0.15, 0.2) is 77.8 Å². The molecule has 0 unspecified atom stereocenters. The Labute approximate surface area is 138 Å². The molecule has 6 heteroatoms. The molecule has 0 atom stereocenters. The zero-order chi connectivity index (χ0) is 16.9. The molecule has 0 spiro atoms. The number of hydrogen-bond donors (Lipinski definition) is 0. The Balaban J connectivity index is 1.93. The standard InChI is InChI=1S/C18H15N3O3/c1-20-12-10-19-17(20)18(23)21(14-6-3-2-4-7-14)11-9-15(22)16-8-5-13-24-16/h2-13H,1H3/b11-9+. The van der Waals surface area contributed by atoms with E-state index in [0.29, 0.717) is 5.69 Å². The van der Waals surface area contributed by atoms with E-state index >= 15 is 0 Å². The number of para-hydroxylation sites is 1. The van der Waals surface area contributed by atoms with Crippen molar-refractivity contribution in [2.75, 3.05) is 4.90 Å². The molecule has 6 nitrogen and oxygen atoms in total. The lowest BCUT2D eigenvalue weighted by Gasteiger charge is -2.18. The zero-order valence-corrected chi connectivity index (χ0v) is 13.0. The van der Waals surface area contributed by atoms with Gasteiger partial charge in [-0.05, 0) is 24.3 Å². The number of ketones is 1. The van der Waals surface area contributed by atoms with Crippen molar-refractivity contribution in [2.24, 2.45) is 7.05 Å². The van der Waals surface area contributed by atoms with Crippen LogP contribution in [0.3, 0.4) is 0 Å². The number of carbonyl (C=O) groups is 2. The summed E-state index contributed by atoms with van der Waals surface area (Å²) in [4.78, 5) is 30.3. The molecule has 0 saturated carbocycles. The molecule has 0 N–H and O–H groups in total. The number of aromatic nitrogens is 2. The van der Waals surface area contributed by atoms with Crippen LogP contribution in [0.2, 0.25) is 0 Å². The Kier molecular flexibility index (Phi) is 4.38. The van der Waals surface area contributed by atoms with Gasteiger partial charge in [-0.25, -0.2) is 4.98 Å². The Bertz CT molecular complexity index is 864. The first kappa shape index (κ1) is 15.5. The lowest BCUT2D eigenvalue weighted by Crippen LogP contribution is -2.28. The highest BCUT2D eigenvalue weighted by Gasteiger charge is 2.19. The number of aryl methyl sites for hydroxylation is 1. The van der Waals surface area contributed by atoms with Gasteiger partial charge in [0.25, 0.3) is 5.91 Å². The van der Waals surface area contributed by atoms with Crippen molar-refractivity contribution < 1.29 is 14.0 Å². The van der Waals surface area contributed by atoms with Gasteiger partial charge in [0, 0.05) is 37.4 Å². The van der Waals surface area contributed by atoms with Crippen molar-refractivity contribution in [1.82, 2.24) is 9.55 Å². The fraction of sp³-hybridized carbons (Fsp3) is 0.0556. The summed E-state index contributed by atoms with van der Waals surface area (Å²) in [6, 6.07) is 12.2. The molecular weight excluding hydrogens is 306 g/mol. The second kappa shape index (κ2) is 6.78. The van der Waals surface area contributed by atoms with Gasteiger partial charge in [0.2, 0.25) is 5.78 Å². The number of carbonyl (C=O) groups excluding carboxylic acids is 2. The first-order valence-corrected chi connectivity index (χ1v) is 7.29. The summed E-state index contributed by atoms with van der Waals surface area (Å²) in [6.07, 6.45) is 7.39. The smallest absolute Gasteiger partial charge is 0.298 e. The van der Waals surface area contributed by atoms with E-state index in [1.165, 1.54) is 23.4 Å². The minimum absolute atomic E-state index is 0.212. The molecule has 0 bridgehead atoms. The van der Waals surface area contributed by atoms with Crippen molar-refractivity contribution in [1.29, 1.82) is 0 Å². The molecule has 0 aliphatic carbocycles. The number of anilines is 1. The second-order valence-corrected chi connectivity index (χ2v) is 5.03. The Morgan fingerprint density at radius 2 is 1.96 bits per heavy atom. The maximum atomic E-state index is 12.8. The Hall–Kier alpha value is -3.41. The summed E-state index contributed by atoms with van der Waals surface area (Å²) in [5, 5.41) is 0. The van der Waals surface area contributed by atoms with Crippen LogP contribution in [0.25, 0.3) is 0 Å². The van der Waals surface area contributed by atoms with Gasteiger partial charge in [0.05, 0.1) is 6.26 Å². The first-order valence-electron chi connectivity index (χ1n) is 7.29. The summed E-state index contributed by atoms with van der Waals surface area (Å²) >= 11 is 0. The number of nitrogens with zero attached hydrogens (tertiary/aromatic N) is 3. The van der Waals surface area contributed by atoms with E-state index in [4.69, 9.17) is 4.42 Å². The molecule has 0 aliphatic rings. The molecule has 120 valence electrons. The van der Waals surface area contributed by atoms with Crippen LogP contribution < -0.4 is 4.90 Å². The predicted octanol–water partition coefficient (Wildman–Crippen LogP) is 3.06. The molecule has 3 aromatic rings. The van der Waals surface area contributed by atoms with Crippen molar-refractivity contribution in [2.45, 2.75) is 0 Å². The molecule has 0 fully saturated rings. The Morgan fingerprint density at radius 1 is 1.17 bits per heavy atom. The molecule has 0 radical (unpaired) electrons. The van der Waals surface area contributed by atoms with E-state index in [1.807, 2.05) is 18.2 Å². The van der Waals surface area contributed by atoms with Gasteiger partial charge in [0.1, 0.15) is 0 Å². The van der Waals surface area contributed by atoms with Gasteiger partial charge in [-0.15, -0.1) is 0 Å². The van der Waals surface area contributed by atoms with E-state index < -0.39 is 0 Å². The van der Waals surface area contributed by atoms with E-state index in [1.54, 1.807) is 48.3 Å². The lowest BCUT2D eigenvalue weighted by atomic mass is 10.2. The average Bonchev–Trinajstić information content (AvgIpc) is 3.27. The second-order valence-electron chi connectivity index (χ2n) is 5.03. The van der Waals surface area contributed by atoms with Gasteiger partial charge < -0.3 is 8.98 Å². The molecule has 24 heavy (non-hydrogen) atoms. The lowest BCUT2D eigenvalue weighted by molar-refractivity contribution is 0.0985. The number of furan rings is 1. The molecule has 2 heterocycles. The van der Waals surface area contributed by atoms with Crippen molar-refractivity contribution in [3.8, 4) is 0 Å². The molecule has 3 rings (SSSR count). The van der Waals surface area contributed by atoms with Crippen molar-refractivity contribution in [3.05, 3.63) is 85.0 Å². The summed E-state index contributed by atoms with van der Waals surface area (Å²) in [5.41, 5.74) is 0.633. The molecule has 1 aromatic carbocycles. The number of imidazole rings is 1. The van der Waals surface area contributed by atoms with Crippen LogP contribution in [0.4, 0.5) is 5.69 Å². The van der Waals surface area contributed by atoms with Crippen molar-refractivity contribution in [3.63, 3.8) is 0 Å². The van der Waals surface area contributed by atoms with Gasteiger partial charge in [-0.1, -0.05) is 18.2 Å². The van der Waals surface area contributed by atoms with Crippen LogP contribution in [-0.4, -0.2) is 21.2 Å². The van der Waals surface area contributed by atoms with Crippen molar-refractivity contribution >= 4 is 17.4 Å². The van der Waals surface area contributed by atoms with Crippen LogP contribution in [0.5, 0.6) is 0 Å². The third-order valence-corrected chi connectivity index (χ3v) is 3.40. The normalized spacial score (nSPS) is 10.9. The highest BCUT2D eigenvalue weighted by molar-refractivity contribution is 6.07. The topological polar surface area (TPSA) is 68.3 Å². The molecular formula is C18H15N3O3. The van der Waals surface area contributed by atoms with Gasteiger partial charge in [-0.3, -0.25) is 14.5 Å². The third kappa shape index (κ3) is 3.17. The molecule has 0 aliphatic heterocycles. The first-order chi connectivity index (χ1) is 11.7. The van der Waals surface area contributed by atoms with Crippen LogP contribution in [0.1, 0.15) is 21.2 Å². The number of benzene rings is 1. The fourth-order valence-electron chi connectivity index (χ4n) is 2.18. The summed E-state index contributed by atoms with van der Waals surface area (Å²) in [5.74, 6) is -0.177. The van der Waals surface area contributed by atoms with E-state index in [9.17, 15) is 9.59 Å². The van der Waals surface area contributed by atoms with Crippen LogP contribution >= 0.6 is 0 Å². The number of rotatable bonds is 5. The predicted molar refractivity (Wildman–Crippen MR) is 88.6 cm³/mol. The number of amides is 1. The maximum Gasteiger partial charge on any atom is 0.298 e. The summed E-state index contributed by atoms with van der Waals surface area (Å²) < 4.78 is 6.69. The average molecular weight is 321 g/mol. The SMILES string of the molecule is Cn1ccnc1C(=O)N(/C=C/C(=O)c1ccco1)c1ccccc1. The quantitative estimate of drug-likeness (QED) is 0.535. The summed E-state index contributed by atoms with van der Waals surface area (Å²) in [7, 11) is 1.74. The van der Waals surface area contributed by atoms with E-state index in [-0.39, 0.29) is 23.3 Å². The highest BCUT2D eigenvalue weighted by Crippen LogP contribution is 2.17. The molecule has 1 amide bonds. The van der Waals surface area contributed by atoms with E-state index in [2.05, 4.69) is 4.98 Å². The monoisotopic (exact) mass is 321 g/mol. The van der Waals surface area contributed by atoms with Crippen LogP contribution in [-0.2, 0) is 7.05 Å². The number of hydrogen-bond acceptors (Lipinski definition) is 4. The largest absolute Gasteiger partial charge is 0.461 e. The third-order valence-electron chi connectivity index (χ3n) is 3.40. The fourth-order valence-corrected chi connectivity index (χ4v) is 2.18. The van der Waals surface area contributed by atoms with Crippen LogP contribution in [0, 0.1) is 0 Å². The zero-order valence-electron chi connectivity index (χ0n) is 13.0. The number of allylic oxidation sites excluding steroid dienone is 1. The maximum absolute atomic E-state index is 12.8. The highest BCUT2D eigenvalue weighted by atomic mass is 16.3.